The Morgan fingerprint density at radius 2 is 2.31 bits per heavy atom. The minimum atomic E-state index is -1.77. The summed E-state index contributed by atoms with van der Waals surface area (Å²) in [5.74, 6) is -1.23. The van der Waals surface area contributed by atoms with Crippen LogP contribution in [0.1, 0.15) is 12.0 Å². The Balaban J connectivity index is 2.55. The Morgan fingerprint density at radius 1 is 1.56 bits per heavy atom. The summed E-state index contributed by atoms with van der Waals surface area (Å²) in [5.41, 5.74) is 0.759. The summed E-state index contributed by atoms with van der Waals surface area (Å²) in [4.78, 5) is 14.4. The molecule has 0 fully saturated rings. The lowest BCUT2D eigenvalue weighted by Crippen LogP contribution is -2.10. The number of aliphatic hydroxyl groups is 1. The summed E-state index contributed by atoms with van der Waals surface area (Å²) in [6.45, 7) is 0. The lowest BCUT2D eigenvalue weighted by Gasteiger charge is -1.98. The third-order valence-corrected chi connectivity index (χ3v) is 2.08. The van der Waals surface area contributed by atoms with E-state index < -0.39 is 12.1 Å². The first kappa shape index (κ1) is 10.4. The number of hydrogen-bond acceptors (Lipinski definition) is 5. The van der Waals surface area contributed by atoms with E-state index in [0.717, 1.165) is 0 Å². The number of methoxy groups -OCH3 is 1. The van der Waals surface area contributed by atoms with Crippen molar-refractivity contribution in [2.75, 3.05) is 7.11 Å². The fourth-order valence-electron chi connectivity index (χ4n) is 1.32. The van der Waals surface area contributed by atoms with Gasteiger partial charge in [-0.25, -0.2) is 9.78 Å². The van der Waals surface area contributed by atoms with Gasteiger partial charge in [-0.15, -0.1) is 0 Å². The number of rotatable bonds is 3. The average Bonchev–Trinajstić information content (AvgIpc) is 2.70. The third kappa shape index (κ3) is 1.59. The lowest BCUT2D eigenvalue weighted by molar-refractivity contribution is -0.148. The van der Waals surface area contributed by atoms with Crippen LogP contribution in [0.25, 0.3) is 11.1 Å². The smallest absolute Gasteiger partial charge is 0.342 e. The van der Waals surface area contributed by atoms with Crippen LogP contribution in [0, 0.1) is 0 Å². The number of carboxylic acid groups (broad SMARTS) is 1. The van der Waals surface area contributed by atoms with E-state index in [9.17, 15) is 9.90 Å². The topological polar surface area (TPSA) is 92.8 Å². The van der Waals surface area contributed by atoms with E-state index >= 15 is 0 Å². The molecule has 0 bridgehead atoms. The van der Waals surface area contributed by atoms with E-state index in [2.05, 4.69) is 4.98 Å². The predicted octanol–water partition coefficient (Wildman–Crippen LogP) is 0.954. The van der Waals surface area contributed by atoms with E-state index in [0.29, 0.717) is 16.8 Å². The molecule has 6 heteroatoms. The van der Waals surface area contributed by atoms with Gasteiger partial charge in [0.25, 0.3) is 0 Å². The highest BCUT2D eigenvalue weighted by molar-refractivity contribution is 5.80. The van der Waals surface area contributed by atoms with Gasteiger partial charge in [-0.1, -0.05) is 6.07 Å². The number of carboxylic acids is 1. The largest absolute Gasteiger partial charge is 0.493 e. The standard InChI is InChI=1S/C10H9NO5/c1-15-6-4-2-3-5-8(6)16-9(11-5)7(12)10(13)14/h2-4,7,12H,1H3,(H,13,14). The molecule has 1 atom stereocenters. The monoisotopic (exact) mass is 223 g/mol. The first-order valence-electron chi connectivity index (χ1n) is 4.48. The molecular formula is C10H9NO5. The number of aliphatic carboxylic acids is 1. The molecule has 2 aromatic rings. The molecule has 1 heterocycles. The Bertz CT molecular complexity index is 533. The molecular weight excluding hydrogens is 214 g/mol. The minimum absolute atomic E-state index is 0.257. The molecule has 1 unspecified atom stereocenters. The molecule has 0 amide bonds. The summed E-state index contributed by atoms with van der Waals surface area (Å²) >= 11 is 0. The molecule has 1 aromatic carbocycles. The summed E-state index contributed by atoms with van der Waals surface area (Å²) < 4.78 is 10.2. The first-order chi connectivity index (χ1) is 7.63. The fourth-order valence-corrected chi connectivity index (χ4v) is 1.32. The quantitative estimate of drug-likeness (QED) is 0.804. The van der Waals surface area contributed by atoms with Crippen LogP contribution in [0.5, 0.6) is 5.75 Å². The van der Waals surface area contributed by atoms with Gasteiger partial charge < -0.3 is 19.4 Å². The molecule has 84 valence electrons. The van der Waals surface area contributed by atoms with Crippen molar-refractivity contribution in [1.29, 1.82) is 0 Å². The SMILES string of the molecule is COc1cccc2nc(C(O)C(=O)O)oc12. The maximum absolute atomic E-state index is 10.5. The van der Waals surface area contributed by atoms with Crippen LogP contribution in [0.2, 0.25) is 0 Å². The average molecular weight is 223 g/mol. The normalized spacial score (nSPS) is 12.6. The van der Waals surface area contributed by atoms with Gasteiger partial charge in [0.15, 0.2) is 11.3 Å². The van der Waals surface area contributed by atoms with Crippen molar-refractivity contribution in [3.05, 3.63) is 24.1 Å². The van der Waals surface area contributed by atoms with Gasteiger partial charge in [-0.05, 0) is 12.1 Å². The van der Waals surface area contributed by atoms with Crippen molar-refractivity contribution in [1.82, 2.24) is 4.98 Å². The zero-order valence-corrected chi connectivity index (χ0v) is 8.38. The molecule has 1 aromatic heterocycles. The Kier molecular flexibility index (Phi) is 2.49. The van der Waals surface area contributed by atoms with Crippen molar-refractivity contribution in [2.45, 2.75) is 6.10 Å². The van der Waals surface area contributed by atoms with Gasteiger partial charge in [-0.3, -0.25) is 0 Å². The van der Waals surface area contributed by atoms with Crippen molar-refractivity contribution in [2.24, 2.45) is 0 Å². The van der Waals surface area contributed by atoms with E-state index in [1.54, 1.807) is 18.2 Å². The van der Waals surface area contributed by atoms with Gasteiger partial charge in [0, 0.05) is 0 Å². The van der Waals surface area contributed by atoms with Crippen molar-refractivity contribution in [3.8, 4) is 5.75 Å². The molecule has 2 rings (SSSR count). The van der Waals surface area contributed by atoms with Gasteiger partial charge >= 0.3 is 5.97 Å². The number of hydrogen-bond donors (Lipinski definition) is 2. The predicted molar refractivity (Wildman–Crippen MR) is 53.2 cm³/mol. The van der Waals surface area contributed by atoms with E-state index in [4.69, 9.17) is 14.3 Å². The molecule has 2 N–H and O–H groups in total. The molecule has 0 saturated carbocycles. The molecule has 6 nitrogen and oxygen atoms in total. The fraction of sp³-hybridized carbons (Fsp3) is 0.200. The van der Waals surface area contributed by atoms with Crippen LogP contribution in [0.15, 0.2) is 22.6 Å². The number of oxazole rings is 1. The minimum Gasteiger partial charge on any atom is -0.493 e. The molecule has 0 radical (unpaired) electrons. The summed E-state index contributed by atoms with van der Waals surface area (Å²) in [5, 5.41) is 17.9. The van der Waals surface area contributed by atoms with E-state index in [1.807, 2.05) is 0 Å². The molecule has 0 aliphatic carbocycles. The van der Waals surface area contributed by atoms with Gasteiger partial charge in [0.1, 0.15) is 5.52 Å². The number of aromatic nitrogens is 1. The van der Waals surface area contributed by atoms with Gasteiger partial charge in [0.05, 0.1) is 7.11 Å². The molecule has 0 saturated heterocycles. The number of benzene rings is 1. The Morgan fingerprint density at radius 3 is 2.94 bits per heavy atom. The van der Waals surface area contributed by atoms with Crippen LogP contribution < -0.4 is 4.74 Å². The van der Waals surface area contributed by atoms with E-state index in [1.165, 1.54) is 7.11 Å². The molecule has 0 aliphatic heterocycles. The maximum Gasteiger partial charge on any atom is 0.342 e. The first-order valence-corrected chi connectivity index (χ1v) is 4.48. The molecule has 0 aliphatic rings. The second-order valence-corrected chi connectivity index (χ2v) is 3.10. The highest BCUT2D eigenvalue weighted by atomic mass is 16.5. The second kappa shape index (κ2) is 3.82. The van der Waals surface area contributed by atoms with Crippen LogP contribution in [-0.4, -0.2) is 28.3 Å². The maximum atomic E-state index is 10.5. The number of aliphatic hydroxyl groups excluding tert-OH is 1. The molecule has 16 heavy (non-hydrogen) atoms. The van der Waals surface area contributed by atoms with Gasteiger partial charge in [-0.2, -0.15) is 0 Å². The van der Waals surface area contributed by atoms with E-state index in [-0.39, 0.29) is 5.89 Å². The summed E-state index contributed by atoms with van der Waals surface area (Å²) in [6, 6.07) is 4.99. The summed E-state index contributed by atoms with van der Waals surface area (Å²) in [7, 11) is 1.46. The van der Waals surface area contributed by atoms with Crippen LogP contribution in [0.4, 0.5) is 0 Å². The highest BCUT2D eigenvalue weighted by Crippen LogP contribution is 2.28. The van der Waals surface area contributed by atoms with Crippen molar-refractivity contribution >= 4 is 17.1 Å². The number of carbonyl (C=O) groups is 1. The zero-order valence-electron chi connectivity index (χ0n) is 8.38. The van der Waals surface area contributed by atoms with Gasteiger partial charge in [0.2, 0.25) is 12.0 Å². The highest BCUT2D eigenvalue weighted by Gasteiger charge is 2.23. The Hall–Kier alpha value is -2.08. The number of ether oxygens (including phenoxy) is 1. The molecule has 0 spiro atoms. The van der Waals surface area contributed by atoms with Crippen LogP contribution in [-0.2, 0) is 4.79 Å². The second-order valence-electron chi connectivity index (χ2n) is 3.10. The van der Waals surface area contributed by atoms with Crippen LogP contribution >= 0.6 is 0 Å². The van der Waals surface area contributed by atoms with Crippen molar-refractivity contribution in [3.63, 3.8) is 0 Å². The number of nitrogens with zero attached hydrogens (tertiary/aromatic N) is 1. The van der Waals surface area contributed by atoms with Crippen molar-refractivity contribution < 1.29 is 24.2 Å². The summed E-state index contributed by atoms with van der Waals surface area (Å²) in [6.07, 6.45) is -1.77. The third-order valence-electron chi connectivity index (χ3n) is 2.08. The van der Waals surface area contributed by atoms with Crippen LogP contribution in [0.3, 0.4) is 0 Å². The Labute approximate surface area is 90.1 Å². The zero-order chi connectivity index (χ0) is 11.7. The number of fused-ring (bicyclic) bond motifs is 1. The lowest BCUT2D eigenvalue weighted by atomic mass is 10.3. The number of para-hydroxylation sites is 1.